The fraction of sp³-hybridized carbons (Fsp3) is 0.607. The van der Waals surface area contributed by atoms with Crippen LogP contribution in [0.5, 0.6) is 5.75 Å². The zero-order valence-corrected chi connectivity index (χ0v) is 20.4. The highest BCUT2D eigenvalue weighted by Crippen LogP contribution is 2.42. The van der Waals surface area contributed by atoms with Gasteiger partial charge in [0, 0.05) is 13.0 Å². The van der Waals surface area contributed by atoms with Crippen LogP contribution in [-0.2, 0) is 17.4 Å². The Labute approximate surface area is 205 Å². The van der Waals surface area contributed by atoms with E-state index in [1.165, 1.54) is 6.07 Å². The Morgan fingerprint density at radius 3 is 2.60 bits per heavy atom. The largest absolute Gasteiger partial charge is 0.490 e. The van der Waals surface area contributed by atoms with Crippen LogP contribution < -0.4 is 4.74 Å². The molecule has 2 aromatic carbocycles. The summed E-state index contributed by atoms with van der Waals surface area (Å²) in [6, 6.07) is 8.49. The summed E-state index contributed by atoms with van der Waals surface area (Å²) < 4.78 is 48.2. The summed E-state index contributed by atoms with van der Waals surface area (Å²) >= 11 is 0. The number of benzene rings is 2. The van der Waals surface area contributed by atoms with Gasteiger partial charge >= 0.3 is 12.1 Å². The van der Waals surface area contributed by atoms with E-state index < -0.39 is 17.7 Å². The van der Waals surface area contributed by atoms with Crippen molar-refractivity contribution in [3.05, 3.63) is 41.5 Å². The Balaban J connectivity index is 1.42. The van der Waals surface area contributed by atoms with E-state index in [0.717, 1.165) is 76.6 Å². The molecular formula is C28H36F3NO3. The number of fused-ring (bicyclic) bond motifs is 1. The lowest BCUT2D eigenvalue weighted by Crippen LogP contribution is -2.37. The third-order valence-electron chi connectivity index (χ3n) is 7.59. The molecule has 0 aromatic heterocycles. The number of halogens is 3. The van der Waals surface area contributed by atoms with Gasteiger partial charge in [-0.25, -0.2) is 0 Å². The van der Waals surface area contributed by atoms with Gasteiger partial charge in [-0.15, -0.1) is 0 Å². The summed E-state index contributed by atoms with van der Waals surface area (Å²) in [5.74, 6) is 0.00984. The molecule has 1 aliphatic heterocycles. The van der Waals surface area contributed by atoms with E-state index in [0.29, 0.717) is 11.3 Å². The van der Waals surface area contributed by atoms with Crippen LogP contribution in [0.3, 0.4) is 0 Å². The molecule has 1 N–H and O–H groups in total. The van der Waals surface area contributed by atoms with Gasteiger partial charge in [0.2, 0.25) is 0 Å². The molecule has 0 radical (unpaired) electrons. The first-order chi connectivity index (χ1) is 16.7. The fourth-order valence-electron chi connectivity index (χ4n) is 5.71. The van der Waals surface area contributed by atoms with Gasteiger partial charge < -0.3 is 14.7 Å². The van der Waals surface area contributed by atoms with Crippen molar-refractivity contribution < 1.29 is 27.8 Å². The number of aryl methyl sites for hydroxylation is 1. The summed E-state index contributed by atoms with van der Waals surface area (Å²) in [5.41, 5.74) is 0.345. The lowest BCUT2D eigenvalue weighted by Gasteiger charge is -2.32. The van der Waals surface area contributed by atoms with Gasteiger partial charge in [0.1, 0.15) is 11.3 Å². The molecule has 192 valence electrons. The van der Waals surface area contributed by atoms with E-state index in [1.54, 1.807) is 18.2 Å². The third-order valence-corrected chi connectivity index (χ3v) is 7.59. The molecule has 2 fully saturated rings. The van der Waals surface area contributed by atoms with Crippen LogP contribution in [0.2, 0.25) is 0 Å². The summed E-state index contributed by atoms with van der Waals surface area (Å²) in [5, 5.41) is 9.82. The number of carboxylic acid groups (broad SMARTS) is 1. The molecule has 4 nitrogen and oxygen atoms in total. The second-order valence-electron chi connectivity index (χ2n) is 10.5. The first-order valence-electron chi connectivity index (χ1n) is 12.9. The number of rotatable bonds is 8. The second kappa shape index (κ2) is 11.2. The minimum atomic E-state index is -4.49. The van der Waals surface area contributed by atoms with E-state index in [9.17, 15) is 18.0 Å². The number of aliphatic carboxylic acids is 1. The van der Waals surface area contributed by atoms with Gasteiger partial charge in [-0.2, -0.15) is 13.2 Å². The molecule has 4 rings (SSSR count). The van der Waals surface area contributed by atoms with E-state index in [2.05, 4.69) is 11.8 Å². The minimum absolute atomic E-state index is 0.0571. The highest BCUT2D eigenvalue weighted by atomic mass is 19.4. The van der Waals surface area contributed by atoms with Gasteiger partial charge in [0.15, 0.2) is 0 Å². The number of carboxylic acids is 1. The number of likely N-dealkylation sites (tertiary alicyclic amines) is 1. The zero-order valence-electron chi connectivity index (χ0n) is 20.4. The molecular weight excluding hydrogens is 455 g/mol. The van der Waals surface area contributed by atoms with Gasteiger partial charge in [0.25, 0.3) is 0 Å². The maximum Gasteiger partial charge on any atom is 0.420 e. The third kappa shape index (κ3) is 6.90. The molecule has 0 spiro atoms. The molecule has 1 aliphatic carbocycles. The van der Waals surface area contributed by atoms with Crippen molar-refractivity contribution in [1.82, 2.24) is 4.90 Å². The van der Waals surface area contributed by atoms with Gasteiger partial charge in [-0.1, -0.05) is 31.2 Å². The first kappa shape index (κ1) is 25.8. The van der Waals surface area contributed by atoms with Crippen molar-refractivity contribution in [3.63, 3.8) is 0 Å². The number of nitrogens with zero attached hydrogens (tertiary/aromatic N) is 1. The number of ether oxygens (including phenoxy) is 1. The van der Waals surface area contributed by atoms with Crippen LogP contribution in [0.1, 0.15) is 69.4 Å². The predicted octanol–water partition coefficient (Wildman–Crippen LogP) is 6.94. The molecule has 1 saturated carbocycles. The Hall–Kier alpha value is -2.28. The average molecular weight is 492 g/mol. The molecule has 1 heterocycles. The maximum atomic E-state index is 14.1. The number of alkyl halides is 3. The second-order valence-corrected chi connectivity index (χ2v) is 10.5. The Kier molecular flexibility index (Phi) is 8.25. The van der Waals surface area contributed by atoms with Crippen molar-refractivity contribution in [3.8, 4) is 5.75 Å². The zero-order chi connectivity index (χ0) is 25.0. The summed E-state index contributed by atoms with van der Waals surface area (Å²) in [7, 11) is 0. The summed E-state index contributed by atoms with van der Waals surface area (Å²) in [6.07, 6.45) is 2.77. The van der Waals surface area contributed by atoms with Crippen molar-refractivity contribution in [2.75, 3.05) is 19.6 Å². The van der Waals surface area contributed by atoms with Crippen LogP contribution in [0.15, 0.2) is 30.3 Å². The normalized spacial score (nSPS) is 23.9. The van der Waals surface area contributed by atoms with Gasteiger partial charge in [-0.3, -0.25) is 4.79 Å². The maximum absolute atomic E-state index is 14.1. The van der Waals surface area contributed by atoms with Crippen molar-refractivity contribution >= 4 is 16.7 Å². The lowest BCUT2D eigenvalue weighted by atomic mass is 9.89. The van der Waals surface area contributed by atoms with E-state index >= 15 is 0 Å². The quantitative estimate of drug-likeness (QED) is 0.435. The molecule has 35 heavy (non-hydrogen) atoms. The highest BCUT2D eigenvalue weighted by Gasteiger charge is 2.37. The van der Waals surface area contributed by atoms with Crippen LogP contribution in [-0.4, -0.2) is 41.7 Å². The predicted molar refractivity (Wildman–Crippen MR) is 131 cm³/mol. The lowest BCUT2D eigenvalue weighted by molar-refractivity contribution is -0.139. The number of hydrogen-bond donors (Lipinski definition) is 1. The Morgan fingerprint density at radius 2 is 1.89 bits per heavy atom. The van der Waals surface area contributed by atoms with Crippen LogP contribution >= 0.6 is 0 Å². The van der Waals surface area contributed by atoms with E-state index in [-0.39, 0.29) is 29.6 Å². The molecule has 7 heteroatoms. The standard InChI is InChI=1S/C28H36F3NO3/c1-19-6-10-23(11-7-19)35-25-13-9-22-16-20(8-12-24(22)27(25)28(29,30)31)4-2-14-32-15-3-5-21(18-32)17-26(33)34/h8-9,12-13,16,19,21,23H,2-7,10-11,14-15,17-18H2,1H3,(H,33,34). The molecule has 0 bridgehead atoms. The molecule has 2 aliphatic rings. The van der Waals surface area contributed by atoms with Crippen LogP contribution in [0.25, 0.3) is 10.8 Å². The highest BCUT2D eigenvalue weighted by molar-refractivity contribution is 5.89. The number of carbonyl (C=O) groups is 1. The average Bonchev–Trinajstić information content (AvgIpc) is 2.79. The van der Waals surface area contributed by atoms with Gasteiger partial charge in [-0.05, 0) is 98.7 Å². The van der Waals surface area contributed by atoms with E-state index in [1.807, 2.05) is 6.07 Å². The van der Waals surface area contributed by atoms with Crippen molar-refractivity contribution in [2.24, 2.45) is 11.8 Å². The Bertz CT molecular complexity index is 1010. The first-order valence-corrected chi connectivity index (χ1v) is 12.9. The molecule has 1 atom stereocenters. The van der Waals surface area contributed by atoms with Crippen molar-refractivity contribution in [1.29, 1.82) is 0 Å². The van der Waals surface area contributed by atoms with Gasteiger partial charge in [0.05, 0.1) is 6.10 Å². The molecule has 1 saturated heterocycles. The topological polar surface area (TPSA) is 49.8 Å². The summed E-state index contributed by atoms with van der Waals surface area (Å²) in [4.78, 5) is 13.3. The SMILES string of the molecule is CC1CCC(Oc2ccc3cc(CCCN4CCCC(CC(=O)O)C4)ccc3c2C(F)(F)F)CC1. The monoisotopic (exact) mass is 491 g/mol. The van der Waals surface area contributed by atoms with Crippen LogP contribution in [0.4, 0.5) is 13.2 Å². The van der Waals surface area contributed by atoms with Crippen molar-refractivity contribution in [2.45, 2.75) is 77.0 Å². The fourth-order valence-corrected chi connectivity index (χ4v) is 5.71. The molecule has 0 amide bonds. The van der Waals surface area contributed by atoms with Crippen LogP contribution in [0, 0.1) is 11.8 Å². The van der Waals surface area contributed by atoms with E-state index in [4.69, 9.17) is 9.84 Å². The Morgan fingerprint density at radius 1 is 1.11 bits per heavy atom. The number of hydrogen-bond acceptors (Lipinski definition) is 3. The summed E-state index contributed by atoms with van der Waals surface area (Å²) in [6.45, 7) is 4.83. The molecule has 1 unspecified atom stereocenters. The molecule has 2 aromatic rings. The minimum Gasteiger partial charge on any atom is -0.490 e. The smallest absolute Gasteiger partial charge is 0.420 e. The number of piperidine rings is 1.